The average Bonchev–Trinajstić information content (AvgIpc) is 3.27. The van der Waals surface area contributed by atoms with E-state index in [0.29, 0.717) is 17.1 Å². The van der Waals surface area contributed by atoms with Crippen LogP contribution in [-0.4, -0.2) is 25.1 Å². The smallest absolute Gasteiger partial charge is 0.239 e. The quantitative estimate of drug-likeness (QED) is 0.188. The van der Waals surface area contributed by atoms with Gasteiger partial charge in [0.15, 0.2) is 0 Å². The molecule has 41 heavy (non-hydrogen) atoms. The number of methoxy groups -OCH3 is 1. The van der Waals surface area contributed by atoms with E-state index in [2.05, 4.69) is 36.4 Å². The van der Waals surface area contributed by atoms with E-state index in [0.717, 1.165) is 33.0 Å². The van der Waals surface area contributed by atoms with E-state index in [4.69, 9.17) is 9.73 Å². The lowest BCUT2D eigenvalue weighted by atomic mass is 9.52. The van der Waals surface area contributed by atoms with Gasteiger partial charge in [0.25, 0.3) is 0 Å². The fourth-order valence-corrected chi connectivity index (χ4v) is 7.47. The number of benzene rings is 5. The molecule has 198 valence electrons. The fourth-order valence-electron chi connectivity index (χ4n) is 7.47. The predicted octanol–water partition coefficient (Wildman–Crippen LogP) is 6.80. The van der Waals surface area contributed by atoms with Crippen LogP contribution in [0.3, 0.4) is 0 Å². The van der Waals surface area contributed by atoms with E-state index in [-0.39, 0.29) is 17.7 Å². The molecule has 1 aliphatic heterocycles. The molecule has 0 spiro atoms. The molecule has 11 rings (SSSR count). The molecule has 1 fully saturated rings. The standard InChI is InChI=1S/C36H26N2O3/c1-41-30-16-7-6-14-28(30)37-21-36-24-19-17-23(18-20-24)31(26-12-4-5-13-27(26)36)32-33(36)35(40)38(34(32)39)29-15-8-10-22-9-2-3-11-25(22)29/h2-21,31-33H,1H3/t31-,32-,33+,36+/m0/s1. The second kappa shape index (κ2) is 8.73. The average molecular weight is 535 g/mol. The summed E-state index contributed by atoms with van der Waals surface area (Å²) in [5, 5.41) is 1.87. The molecule has 5 heteroatoms. The van der Waals surface area contributed by atoms with Gasteiger partial charge in [-0.05, 0) is 45.8 Å². The van der Waals surface area contributed by atoms with Crippen LogP contribution in [0.25, 0.3) is 10.8 Å². The maximum Gasteiger partial charge on any atom is 0.239 e. The van der Waals surface area contributed by atoms with E-state index in [1.165, 1.54) is 4.90 Å². The first-order valence-electron chi connectivity index (χ1n) is 13.9. The number of amides is 2. The Morgan fingerprint density at radius 1 is 0.780 bits per heavy atom. The summed E-state index contributed by atoms with van der Waals surface area (Å²) in [5.41, 5.74) is 4.43. The lowest BCUT2D eigenvalue weighted by Gasteiger charge is -2.48. The number of imide groups is 1. The SMILES string of the molecule is COc1ccccc1N=C[C@@]12c3ccc(cc3)[C@@H](c3ccccc31)[C@@H]1C(=O)N(c3cccc4ccccc34)C(=O)[C@@H]12. The molecule has 4 bridgehead atoms. The molecule has 2 amide bonds. The van der Waals surface area contributed by atoms with E-state index in [1.54, 1.807) is 7.11 Å². The summed E-state index contributed by atoms with van der Waals surface area (Å²) in [5.74, 6) is -1.17. The van der Waals surface area contributed by atoms with Crippen molar-refractivity contribution in [3.63, 3.8) is 0 Å². The Labute approximate surface area is 237 Å². The van der Waals surface area contributed by atoms with Crippen molar-refractivity contribution in [1.29, 1.82) is 0 Å². The van der Waals surface area contributed by atoms with Gasteiger partial charge in [-0.25, -0.2) is 4.90 Å². The van der Waals surface area contributed by atoms with E-state index in [9.17, 15) is 9.59 Å². The number of para-hydroxylation sites is 2. The van der Waals surface area contributed by atoms with Gasteiger partial charge in [-0.1, -0.05) is 97.1 Å². The number of carbonyl (C=O) groups is 2. The van der Waals surface area contributed by atoms with Crippen molar-refractivity contribution in [2.45, 2.75) is 11.3 Å². The van der Waals surface area contributed by atoms with Crippen molar-refractivity contribution < 1.29 is 14.3 Å². The van der Waals surface area contributed by atoms with Crippen LogP contribution in [0.1, 0.15) is 28.2 Å². The number of nitrogens with zero attached hydrogens (tertiary/aromatic N) is 2. The predicted molar refractivity (Wildman–Crippen MR) is 160 cm³/mol. The van der Waals surface area contributed by atoms with Crippen LogP contribution in [0.2, 0.25) is 0 Å². The minimum Gasteiger partial charge on any atom is -0.494 e. The Morgan fingerprint density at radius 2 is 1.51 bits per heavy atom. The summed E-state index contributed by atoms with van der Waals surface area (Å²) in [6.45, 7) is 0. The van der Waals surface area contributed by atoms with Crippen LogP contribution >= 0.6 is 0 Å². The molecule has 5 nitrogen and oxygen atoms in total. The summed E-state index contributed by atoms with van der Waals surface area (Å²) in [6.07, 6.45) is 1.90. The third-order valence-electron chi connectivity index (χ3n) is 9.19. The third-order valence-corrected chi connectivity index (χ3v) is 9.19. The zero-order valence-corrected chi connectivity index (χ0v) is 22.4. The second-order valence-electron chi connectivity index (χ2n) is 11.0. The van der Waals surface area contributed by atoms with Crippen molar-refractivity contribution in [2.75, 3.05) is 12.0 Å². The van der Waals surface area contributed by atoms with Crippen LogP contribution in [0.4, 0.5) is 11.4 Å². The molecule has 6 aliphatic rings. The molecule has 5 aromatic rings. The van der Waals surface area contributed by atoms with Gasteiger partial charge < -0.3 is 4.74 Å². The molecular weight excluding hydrogens is 508 g/mol. The molecule has 1 heterocycles. The largest absolute Gasteiger partial charge is 0.494 e. The third kappa shape index (κ3) is 3.14. The topological polar surface area (TPSA) is 59.0 Å². The minimum absolute atomic E-state index is 0.159. The second-order valence-corrected chi connectivity index (χ2v) is 11.0. The maximum absolute atomic E-state index is 14.8. The first kappa shape index (κ1) is 23.8. The number of aliphatic imine (C=N–C) groups is 1. The number of hydrogen-bond acceptors (Lipinski definition) is 4. The fraction of sp³-hybridized carbons (Fsp3) is 0.139. The lowest BCUT2D eigenvalue weighted by molar-refractivity contribution is -0.122. The normalized spacial score (nSPS) is 24.0. The van der Waals surface area contributed by atoms with Crippen molar-refractivity contribution in [2.24, 2.45) is 16.8 Å². The molecule has 0 N–H and O–H groups in total. The van der Waals surface area contributed by atoms with Crippen molar-refractivity contribution in [1.82, 2.24) is 0 Å². The highest BCUT2D eigenvalue weighted by Gasteiger charge is 2.65. The first-order chi connectivity index (χ1) is 20.1. The highest BCUT2D eigenvalue weighted by atomic mass is 16.5. The molecule has 0 unspecified atom stereocenters. The van der Waals surface area contributed by atoms with Crippen LogP contribution in [0, 0.1) is 11.8 Å². The molecule has 0 saturated carbocycles. The summed E-state index contributed by atoms with van der Waals surface area (Å²) in [6, 6.07) is 37.9. The highest BCUT2D eigenvalue weighted by Crippen LogP contribution is 2.60. The molecular formula is C36H26N2O3. The Kier molecular flexibility index (Phi) is 5.08. The summed E-state index contributed by atoms with van der Waals surface area (Å²) < 4.78 is 5.60. The Balaban J connectivity index is 1.41. The minimum atomic E-state index is -0.955. The van der Waals surface area contributed by atoms with Gasteiger partial charge in [-0.15, -0.1) is 0 Å². The zero-order valence-electron chi connectivity index (χ0n) is 22.4. The lowest BCUT2D eigenvalue weighted by Crippen LogP contribution is -2.51. The number of anilines is 1. The highest BCUT2D eigenvalue weighted by molar-refractivity contribution is 6.27. The number of carbonyl (C=O) groups excluding carboxylic acids is 2. The van der Waals surface area contributed by atoms with Crippen molar-refractivity contribution >= 4 is 40.2 Å². The van der Waals surface area contributed by atoms with Gasteiger partial charge in [0.2, 0.25) is 11.8 Å². The van der Waals surface area contributed by atoms with Crippen molar-refractivity contribution in [3.8, 4) is 5.75 Å². The van der Waals surface area contributed by atoms with Crippen LogP contribution in [0.5, 0.6) is 5.75 Å². The zero-order chi connectivity index (χ0) is 27.7. The molecule has 0 aromatic heterocycles. The number of rotatable bonds is 4. The van der Waals surface area contributed by atoms with E-state index >= 15 is 0 Å². The molecule has 1 saturated heterocycles. The Morgan fingerprint density at radius 3 is 2.37 bits per heavy atom. The Bertz CT molecular complexity index is 1910. The van der Waals surface area contributed by atoms with E-state index in [1.807, 2.05) is 85.1 Å². The molecule has 4 atom stereocenters. The van der Waals surface area contributed by atoms with Crippen molar-refractivity contribution in [3.05, 3.63) is 138 Å². The van der Waals surface area contributed by atoms with Crippen LogP contribution < -0.4 is 9.64 Å². The van der Waals surface area contributed by atoms with Gasteiger partial charge in [-0.2, -0.15) is 0 Å². The van der Waals surface area contributed by atoms with Gasteiger partial charge in [0.1, 0.15) is 11.4 Å². The van der Waals surface area contributed by atoms with E-state index < -0.39 is 17.3 Å². The number of ether oxygens (including phenoxy) is 1. The summed E-state index contributed by atoms with van der Waals surface area (Å²) in [7, 11) is 1.62. The van der Waals surface area contributed by atoms with Gasteiger partial charge in [0, 0.05) is 17.5 Å². The van der Waals surface area contributed by atoms with Gasteiger partial charge in [0.05, 0.1) is 30.0 Å². The van der Waals surface area contributed by atoms with Crippen LogP contribution in [-0.2, 0) is 15.0 Å². The Hall–Kier alpha value is -5.03. The molecule has 0 radical (unpaired) electrons. The first-order valence-corrected chi connectivity index (χ1v) is 13.9. The number of hydrogen-bond donors (Lipinski definition) is 0. The van der Waals surface area contributed by atoms with Gasteiger partial charge in [-0.3, -0.25) is 14.6 Å². The number of fused-ring (bicyclic) bond motifs is 1. The molecule has 5 aromatic carbocycles. The maximum atomic E-state index is 14.8. The van der Waals surface area contributed by atoms with Gasteiger partial charge >= 0.3 is 0 Å². The summed E-state index contributed by atoms with van der Waals surface area (Å²) in [4.78, 5) is 35.9. The van der Waals surface area contributed by atoms with Crippen LogP contribution in [0.15, 0.2) is 120 Å². The summed E-state index contributed by atoms with van der Waals surface area (Å²) >= 11 is 0. The molecule has 5 aliphatic carbocycles. The monoisotopic (exact) mass is 534 g/mol.